The number of nitrogens with two attached hydrogens (primary N) is 1. The summed E-state index contributed by atoms with van der Waals surface area (Å²) in [6, 6.07) is 11.2. The van der Waals surface area contributed by atoms with Gasteiger partial charge in [0.2, 0.25) is 5.13 Å². The Morgan fingerprint density at radius 1 is 1.15 bits per heavy atom. The zero-order valence-electron chi connectivity index (χ0n) is 14.6. The number of carbonyl (C=O) groups excluding carboxylic acids is 1. The van der Waals surface area contributed by atoms with Crippen molar-refractivity contribution in [3.8, 4) is 11.3 Å². The summed E-state index contributed by atoms with van der Waals surface area (Å²) in [5.41, 5.74) is 8.67. The third kappa shape index (κ3) is 4.40. The number of carbonyl (C=O) groups is 1. The van der Waals surface area contributed by atoms with Gasteiger partial charge < -0.3 is 11.1 Å². The lowest BCUT2D eigenvalue weighted by atomic mass is 10.1. The highest BCUT2D eigenvalue weighted by Gasteiger charge is 2.09. The average Bonchev–Trinajstić information content (AvgIpc) is 3.07. The summed E-state index contributed by atoms with van der Waals surface area (Å²) in [5.74, 6) is 0.188. The number of hydrogen-bond acceptors (Lipinski definition) is 7. The molecule has 3 N–H and O–H groups in total. The SMILES string of the molecule is CC(C)c1ccc(-c2cccc(C(=O)NCCc3nnc(N)s3)c2)nn1. The summed E-state index contributed by atoms with van der Waals surface area (Å²) in [6.45, 7) is 4.62. The van der Waals surface area contributed by atoms with Crippen molar-refractivity contribution >= 4 is 22.4 Å². The number of amides is 1. The van der Waals surface area contributed by atoms with Crippen LogP contribution >= 0.6 is 11.3 Å². The van der Waals surface area contributed by atoms with Gasteiger partial charge in [0.05, 0.1) is 11.4 Å². The normalized spacial score (nSPS) is 10.9. The van der Waals surface area contributed by atoms with Crippen molar-refractivity contribution in [1.29, 1.82) is 0 Å². The predicted octanol–water partition coefficient (Wildman–Crippen LogP) is 2.67. The second-order valence-electron chi connectivity index (χ2n) is 6.12. The molecule has 0 spiro atoms. The lowest BCUT2D eigenvalue weighted by Gasteiger charge is -2.07. The van der Waals surface area contributed by atoms with Crippen LogP contribution in [0.15, 0.2) is 36.4 Å². The van der Waals surface area contributed by atoms with Crippen molar-refractivity contribution in [2.45, 2.75) is 26.2 Å². The smallest absolute Gasteiger partial charge is 0.251 e. The first kappa shape index (κ1) is 17.9. The second kappa shape index (κ2) is 8.01. The molecular weight excluding hydrogens is 348 g/mol. The Labute approximate surface area is 155 Å². The maximum Gasteiger partial charge on any atom is 0.251 e. The molecule has 7 nitrogen and oxygen atoms in total. The first-order valence-corrected chi connectivity index (χ1v) is 9.14. The molecule has 0 aliphatic heterocycles. The van der Waals surface area contributed by atoms with E-state index in [1.165, 1.54) is 11.3 Å². The van der Waals surface area contributed by atoms with E-state index in [1.807, 2.05) is 30.3 Å². The first-order valence-electron chi connectivity index (χ1n) is 8.33. The third-order valence-electron chi connectivity index (χ3n) is 3.80. The molecule has 1 amide bonds. The van der Waals surface area contributed by atoms with Crippen LogP contribution in [0.3, 0.4) is 0 Å². The Bertz CT molecular complexity index is 891. The van der Waals surface area contributed by atoms with Gasteiger partial charge in [-0.3, -0.25) is 4.79 Å². The van der Waals surface area contributed by atoms with Crippen molar-refractivity contribution in [3.05, 3.63) is 52.7 Å². The van der Waals surface area contributed by atoms with Crippen LogP contribution in [0.5, 0.6) is 0 Å². The van der Waals surface area contributed by atoms with Gasteiger partial charge in [-0.05, 0) is 30.2 Å². The Kier molecular flexibility index (Phi) is 5.52. The van der Waals surface area contributed by atoms with E-state index in [1.54, 1.807) is 6.07 Å². The van der Waals surface area contributed by atoms with Crippen LogP contribution in [0.2, 0.25) is 0 Å². The summed E-state index contributed by atoms with van der Waals surface area (Å²) in [4.78, 5) is 12.4. The highest BCUT2D eigenvalue weighted by Crippen LogP contribution is 2.19. The maximum atomic E-state index is 12.4. The fourth-order valence-corrected chi connectivity index (χ4v) is 2.99. The first-order chi connectivity index (χ1) is 12.5. The molecule has 2 aromatic heterocycles. The molecular formula is C18H20N6OS. The second-order valence-corrected chi connectivity index (χ2v) is 7.21. The Hall–Kier alpha value is -2.87. The van der Waals surface area contributed by atoms with Gasteiger partial charge in [-0.15, -0.1) is 10.2 Å². The molecule has 0 aliphatic rings. The lowest BCUT2D eigenvalue weighted by molar-refractivity contribution is 0.0954. The number of aromatic nitrogens is 4. The molecule has 1 aromatic carbocycles. The fraction of sp³-hybridized carbons (Fsp3) is 0.278. The molecule has 0 saturated heterocycles. The molecule has 0 fully saturated rings. The van der Waals surface area contributed by atoms with Gasteiger partial charge in [0.1, 0.15) is 5.01 Å². The van der Waals surface area contributed by atoms with E-state index in [0.29, 0.717) is 29.6 Å². The van der Waals surface area contributed by atoms with Crippen LogP contribution in [0, 0.1) is 0 Å². The Morgan fingerprint density at radius 3 is 2.65 bits per heavy atom. The number of nitrogens with one attached hydrogen (secondary N) is 1. The van der Waals surface area contributed by atoms with E-state index in [9.17, 15) is 4.79 Å². The molecule has 8 heteroatoms. The van der Waals surface area contributed by atoms with E-state index in [-0.39, 0.29) is 5.91 Å². The Balaban J connectivity index is 1.65. The topological polar surface area (TPSA) is 107 Å². The van der Waals surface area contributed by atoms with Gasteiger partial charge in [0.25, 0.3) is 5.91 Å². The number of nitrogens with zero attached hydrogens (tertiary/aromatic N) is 4. The fourth-order valence-electron chi connectivity index (χ4n) is 2.38. The number of hydrogen-bond donors (Lipinski definition) is 2. The maximum absolute atomic E-state index is 12.4. The minimum atomic E-state index is -0.143. The molecule has 0 atom stereocenters. The van der Waals surface area contributed by atoms with Gasteiger partial charge in [0, 0.05) is 24.1 Å². The quantitative estimate of drug-likeness (QED) is 0.693. The van der Waals surface area contributed by atoms with Crippen LogP contribution in [-0.4, -0.2) is 32.8 Å². The van der Waals surface area contributed by atoms with E-state index in [0.717, 1.165) is 22.0 Å². The molecule has 3 rings (SSSR count). The van der Waals surface area contributed by atoms with E-state index >= 15 is 0 Å². The summed E-state index contributed by atoms with van der Waals surface area (Å²) >= 11 is 1.33. The van der Waals surface area contributed by atoms with Gasteiger partial charge in [-0.25, -0.2) is 0 Å². The summed E-state index contributed by atoms with van der Waals surface area (Å²) in [5, 5.41) is 20.3. The number of anilines is 1. The van der Waals surface area contributed by atoms with Gasteiger partial charge in [0.15, 0.2) is 0 Å². The largest absolute Gasteiger partial charge is 0.374 e. The van der Waals surface area contributed by atoms with Crippen molar-refractivity contribution in [3.63, 3.8) is 0 Å². The minimum Gasteiger partial charge on any atom is -0.374 e. The van der Waals surface area contributed by atoms with E-state index in [2.05, 4.69) is 39.6 Å². The van der Waals surface area contributed by atoms with E-state index < -0.39 is 0 Å². The molecule has 0 saturated carbocycles. The number of rotatable bonds is 6. The third-order valence-corrected chi connectivity index (χ3v) is 4.62. The van der Waals surface area contributed by atoms with Crippen LogP contribution in [-0.2, 0) is 6.42 Å². The van der Waals surface area contributed by atoms with Gasteiger partial charge in [-0.2, -0.15) is 10.2 Å². The lowest BCUT2D eigenvalue weighted by Crippen LogP contribution is -2.25. The van der Waals surface area contributed by atoms with Gasteiger partial charge in [-0.1, -0.05) is 37.3 Å². The molecule has 26 heavy (non-hydrogen) atoms. The Morgan fingerprint density at radius 2 is 2.00 bits per heavy atom. The zero-order chi connectivity index (χ0) is 18.5. The van der Waals surface area contributed by atoms with Crippen molar-refractivity contribution in [2.75, 3.05) is 12.3 Å². The zero-order valence-corrected chi connectivity index (χ0v) is 15.5. The molecule has 0 unspecified atom stereocenters. The summed E-state index contributed by atoms with van der Waals surface area (Å²) in [6.07, 6.45) is 0.600. The predicted molar refractivity (Wildman–Crippen MR) is 102 cm³/mol. The standard InChI is InChI=1S/C18H20N6OS/c1-11(2)14-6-7-15(22-21-14)12-4-3-5-13(10-12)17(25)20-9-8-16-23-24-18(19)26-16/h3-7,10-11H,8-9H2,1-2H3,(H2,19,24)(H,20,25). The highest BCUT2D eigenvalue weighted by atomic mass is 32.1. The highest BCUT2D eigenvalue weighted by molar-refractivity contribution is 7.15. The molecule has 3 aromatic rings. The average molecular weight is 368 g/mol. The summed E-state index contributed by atoms with van der Waals surface area (Å²) < 4.78 is 0. The molecule has 0 bridgehead atoms. The number of benzene rings is 1. The van der Waals surface area contributed by atoms with Crippen molar-refractivity contribution in [1.82, 2.24) is 25.7 Å². The molecule has 2 heterocycles. The minimum absolute atomic E-state index is 0.143. The van der Waals surface area contributed by atoms with Crippen LogP contribution in [0.25, 0.3) is 11.3 Å². The van der Waals surface area contributed by atoms with E-state index in [4.69, 9.17) is 5.73 Å². The number of nitrogen functional groups attached to an aromatic ring is 1. The van der Waals surface area contributed by atoms with Crippen molar-refractivity contribution in [2.24, 2.45) is 0 Å². The molecule has 0 radical (unpaired) electrons. The van der Waals surface area contributed by atoms with Crippen LogP contribution < -0.4 is 11.1 Å². The van der Waals surface area contributed by atoms with Gasteiger partial charge >= 0.3 is 0 Å². The summed E-state index contributed by atoms with van der Waals surface area (Å²) in [7, 11) is 0. The monoisotopic (exact) mass is 368 g/mol. The van der Waals surface area contributed by atoms with Crippen LogP contribution in [0.4, 0.5) is 5.13 Å². The molecule has 134 valence electrons. The molecule has 0 aliphatic carbocycles. The van der Waals surface area contributed by atoms with Crippen LogP contribution in [0.1, 0.15) is 40.8 Å². The van der Waals surface area contributed by atoms with Crippen molar-refractivity contribution < 1.29 is 4.79 Å².